The van der Waals surface area contributed by atoms with Crippen molar-refractivity contribution in [2.24, 2.45) is 11.7 Å². The molecule has 1 saturated carbocycles. The molecule has 2 aliphatic rings. The fourth-order valence-electron chi connectivity index (χ4n) is 4.28. The molecule has 1 aliphatic carbocycles. The van der Waals surface area contributed by atoms with Gasteiger partial charge in [-0.25, -0.2) is 0 Å². The van der Waals surface area contributed by atoms with Gasteiger partial charge in [-0.05, 0) is 67.5 Å². The molecular weight excluding hydrogens is 314 g/mol. The predicted molar refractivity (Wildman–Crippen MR) is 105 cm³/mol. The van der Waals surface area contributed by atoms with Gasteiger partial charge in [0.25, 0.3) is 0 Å². The Morgan fingerprint density at radius 2 is 1.79 bits per heavy atom. The molecule has 24 heavy (non-hydrogen) atoms. The van der Waals surface area contributed by atoms with E-state index in [1.807, 2.05) is 11.3 Å². The van der Waals surface area contributed by atoms with Crippen LogP contribution in [0.25, 0.3) is 10.1 Å². The zero-order valence-corrected chi connectivity index (χ0v) is 15.3. The number of nitrogens with two attached hydrogens (primary N) is 1. The second-order valence-electron chi connectivity index (χ2n) is 7.51. The number of fused-ring (bicyclic) bond motifs is 1. The number of hydrogen-bond acceptors (Lipinski definition) is 4. The van der Waals surface area contributed by atoms with Gasteiger partial charge in [0.1, 0.15) is 0 Å². The van der Waals surface area contributed by atoms with Crippen LogP contribution < -0.4 is 10.6 Å². The Hall–Kier alpha value is -1.10. The lowest BCUT2D eigenvalue weighted by atomic mass is 9.84. The third-order valence-corrected chi connectivity index (χ3v) is 6.87. The molecule has 1 aromatic carbocycles. The normalized spacial score (nSPS) is 26.1. The van der Waals surface area contributed by atoms with E-state index in [9.17, 15) is 0 Å². The highest BCUT2D eigenvalue weighted by Crippen LogP contribution is 2.32. The molecule has 2 aromatic rings. The highest BCUT2D eigenvalue weighted by atomic mass is 32.1. The summed E-state index contributed by atoms with van der Waals surface area (Å²) in [4.78, 5) is 5.24. The lowest BCUT2D eigenvalue weighted by molar-refractivity contribution is 0.217. The minimum Gasteiger partial charge on any atom is -0.368 e. The second-order valence-corrected chi connectivity index (χ2v) is 8.43. The van der Waals surface area contributed by atoms with Crippen LogP contribution in [-0.4, -0.2) is 43.7 Å². The van der Waals surface area contributed by atoms with Crippen LogP contribution in [0.1, 0.15) is 32.1 Å². The van der Waals surface area contributed by atoms with Crippen molar-refractivity contribution in [1.82, 2.24) is 4.90 Å². The highest BCUT2D eigenvalue weighted by molar-refractivity contribution is 7.17. The molecule has 1 saturated heterocycles. The monoisotopic (exact) mass is 343 g/mol. The SMILES string of the molecule is N[C@H]1CC[C@H](CCN2CCN(c3cccc4ccsc34)CC2)CC1. The predicted octanol–water partition coefficient (Wildman–Crippen LogP) is 3.93. The molecule has 1 aromatic heterocycles. The zero-order valence-electron chi connectivity index (χ0n) is 14.5. The Bertz CT molecular complexity index is 652. The van der Waals surface area contributed by atoms with Crippen molar-refractivity contribution in [3.05, 3.63) is 29.6 Å². The lowest BCUT2D eigenvalue weighted by Crippen LogP contribution is -2.47. The first kappa shape index (κ1) is 16.4. The third-order valence-electron chi connectivity index (χ3n) is 5.92. The number of hydrogen-bond donors (Lipinski definition) is 1. The van der Waals surface area contributed by atoms with Gasteiger partial charge in [-0.1, -0.05) is 12.1 Å². The summed E-state index contributed by atoms with van der Waals surface area (Å²) in [5.74, 6) is 0.919. The average molecular weight is 344 g/mol. The van der Waals surface area contributed by atoms with E-state index in [4.69, 9.17) is 5.73 Å². The molecule has 2 N–H and O–H groups in total. The maximum atomic E-state index is 6.02. The molecule has 4 rings (SSSR count). The van der Waals surface area contributed by atoms with Crippen LogP contribution in [0.15, 0.2) is 29.6 Å². The van der Waals surface area contributed by atoms with E-state index in [-0.39, 0.29) is 0 Å². The first-order valence-corrected chi connectivity index (χ1v) is 10.4. The molecule has 0 unspecified atom stereocenters. The summed E-state index contributed by atoms with van der Waals surface area (Å²) in [6.07, 6.45) is 6.54. The summed E-state index contributed by atoms with van der Waals surface area (Å²) >= 11 is 1.87. The van der Waals surface area contributed by atoms with E-state index in [0.717, 1.165) is 19.0 Å². The van der Waals surface area contributed by atoms with Crippen LogP contribution >= 0.6 is 11.3 Å². The average Bonchev–Trinajstić information content (AvgIpc) is 3.10. The van der Waals surface area contributed by atoms with Crippen LogP contribution in [0.5, 0.6) is 0 Å². The highest BCUT2D eigenvalue weighted by Gasteiger charge is 2.22. The number of anilines is 1. The van der Waals surface area contributed by atoms with Crippen molar-refractivity contribution in [2.45, 2.75) is 38.1 Å². The molecule has 2 heterocycles. The molecular formula is C20H29N3S. The van der Waals surface area contributed by atoms with Gasteiger partial charge in [-0.15, -0.1) is 11.3 Å². The van der Waals surface area contributed by atoms with E-state index in [2.05, 4.69) is 39.4 Å². The Morgan fingerprint density at radius 3 is 2.58 bits per heavy atom. The molecule has 0 radical (unpaired) electrons. The van der Waals surface area contributed by atoms with Crippen molar-refractivity contribution in [1.29, 1.82) is 0 Å². The maximum absolute atomic E-state index is 6.02. The fraction of sp³-hybridized carbons (Fsp3) is 0.600. The van der Waals surface area contributed by atoms with Gasteiger partial charge in [-0.2, -0.15) is 0 Å². The van der Waals surface area contributed by atoms with E-state index < -0.39 is 0 Å². The van der Waals surface area contributed by atoms with Crippen LogP contribution in [0.4, 0.5) is 5.69 Å². The van der Waals surface area contributed by atoms with E-state index in [1.165, 1.54) is 67.5 Å². The molecule has 2 fully saturated rings. The van der Waals surface area contributed by atoms with Crippen LogP contribution in [0.3, 0.4) is 0 Å². The Morgan fingerprint density at radius 1 is 1.00 bits per heavy atom. The molecule has 0 atom stereocenters. The van der Waals surface area contributed by atoms with Crippen molar-refractivity contribution in [2.75, 3.05) is 37.6 Å². The first-order valence-electron chi connectivity index (χ1n) is 9.49. The van der Waals surface area contributed by atoms with Crippen LogP contribution in [0.2, 0.25) is 0 Å². The molecule has 130 valence electrons. The standard InChI is InChI=1S/C20H29N3S/c21-18-6-4-16(5-7-18)8-10-22-11-13-23(14-12-22)19-3-1-2-17-9-15-24-20(17)19/h1-3,9,15-16,18H,4-8,10-14,21H2/t16-,18-. The first-order chi connectivity index (χ1) is 11.8. The third kappa shape index (κ3) is 3.61. The van der Waals surface area contributed by atoms with Gasteiger partial charge < -0.3 is 10.6 Å². The van der Waals surface area contributed by atoms with Gasteiger partial charge in [0.15, 0.2) is 0 Å². The molecule has 0 spiro atoms. The fourth-order valence-corrected chi connectivity index (χ4v) is 5.22. The maximum Gasteiger partial charge on any atom is 0.0576 e. The summed E-state index contributed by atoms with van der Waals surface area (Å²) in [7, 11) is 0. The molecule has 0 bridgehead atoms. The summed E-state index contributed by atoms with van der Waals surface area (Å²) in [6.45, 7) is 6.00. The number of benzene rings is 1. The van der Waals surface area contributed by atoms with Gasteiger partial charge in [0.2, 0.25) is 0 Å². The van der Waals surface area contributed by atoms with Crippen LogP contribution in [-0.2, 0) is 0 Å². The quantitative estimate of drug-likeness (QED) is 0.913. The summed E-state index contributed by atoms with van der Waals surface area (Å²) in [5, 5.41) is 3.59. The number of rotatable bonds is 4. The van der Waals surface area contributed by atoms with Crippen molar-refractivity contribution in [3.8, 4) is 0 Å². The van der Waals surface area contributed by atoms with Gasteiger partial charge >= 0.3 is 0 Å². The Labute approximate surface area is 149 Å². The summed E-state index contributed by atoms with van der Waals surface area (Å²) in [6, 6.07) is 9.42. The molecule has 4 heteroatoms. The molecule has 1 aliphatic heterocycles. The number of nitrogens with zero attached hydrogens (tertiary/aromatic N) is 2. The lowest BCUT2D eigenvalue weighted by Gasteiger charge is -2.37. The largest absolute Gasteiger partial charge is 0.368 e. The summed E-state index contributed by atoms with van der Waals surface area (Å²) < 4.78 is 1.45. The van der Waals surface area contributed by atoms with Crippen molar-refractivity contribution >= 4 is 27.1 Å². The minimum atomic E-state index is 0.477. The van der Waals surface area contributed by atoms with E-state index >= 15 is 0 Å². The van der Waals surface area contributed by atoms with Gasteiger partial charge in [-0.3, -0.25) is 4.90 Å². The van der Waals surface area contributed by atoms with Gasteiger partial charge in [0.05, 0.1) is 10.4 Å². The van der Waals surface area contributed by atoms with Crippen molar-refractivity contribution in [3.63, 3.8) is 0 Å². The Kier molecular flexibility index (Phi) is 5.06. The zero-order chi connectivity index (χ0) is 16.4. The second kappa shape index (κ2) is 7.42. The van der Waals surface area contributed by atoms with E-state index in [0.29, 0.717) is 6.04 Å². The smallest absolute Gasteiger partial charge is 0.0576 e. The van der Waals surface area contributed by atoms with E-state index in [1.54, 1.807) is 0 Å². The summed E-state index contributed by atoms with van der Waals surface area (Å²) in [5.41, 5.74) is 7.46. The topological polar surface area (TPSA) is 32.5 Å². The molecule has 3 nitrogen and oxygen atoms in total. The Balaban J connectivity index is 1.28. The minimum absolute atomic E-state index is 0.477. The number of piperazine rings is 1. The van der Waals surface area contributed by atoms with Crippen LogP contribution in [0, 0.1) is 5.92 Å². The molecule has 0 amide bonds. The van der Waals surface area contributed by atoms with Crippen molar-refractivity contribution < 1.29 is 0 Å². The van der Waals surface area contributed by atoms with Gasteiger partial charge in [0, 0.05) is 32.2 Å². The number of thiophene rings is 1.